The molecular formula is C28H29N3O3. The van der Waals surface area contributed by atoms with Crippen LogP contribution in [0, 0.1) is 13.8 Å². The lowest BCUT2D eigenvalue weighted by atomic mass is 10.1. The SMILES string of the molecule is CCOC(=O)C(Cc1ccc(C)o1)Nc1ncc(-c2cccc(C)c2)nc1Cc1ccccc1. The number of hydrogen-bond acceptors (Lipinski definition) is 6. The molecule has 0 amide bonds. The van der Waals surface area contributed by atoms with E-state index in [0.717, 1.165) is 33.8 Å². The first kappa shape index (κ1) is 23.2. The van der Waals surface area contributed by atoms with Crippen molar-refractivity contribution in [3.8, 4) is 11.3 Å². The van der Waals surface area contributed by atoms with Gasteiger partial charge in [-0.1, -0.05) is 54.1 Å². The highest BCUT2D eigenvalue weighted by atomic mass is 16.5. The summed E-state index contributed by atoms with van der Waals surface area (Å²) in [5, 5.41) is 3.29. The van der Waals surface area contributed by atoms with Gasteiger partial charge in [-0.25, -0.2) is 14.8 Å². The Balaban J connectivity index is 1.69. The molecule has 1 N–H and O–H groups in total. The zero-order chi connectivity index (χ0) is 23.9. The maximum atomic E-state index is 12.8. The molecule has 34 heavy (non-hydrogen) atoms. The predicted octanol–water partition coefficient (Wildman–Crippen LogP) is 5.53. The highest BCUT2D eigenvalue weighted by Gasteiger charge is 2.24. The molecule has 1 unspecified atom stereocenters. The number of nitrogens with zero attached hydrogens (tertiary/aromatic N) is 2. The van der Waals surface area contributed by atoms with Crippen LogP contribution in [0.5, 0.6) is 0 Å². The largest absolute Gasteiger partial charge is 0.466 e. The summed E-state index contributed by atoms with van der Waals surface area (Å²) in [7, 11) is 0. The molecule has 0 aliphatic heterocycles. The fraction of sp³-hybridized carbons (Fsp3) is 0.250. The van der Waals surface area contributed by atoms with Crippen molar-refractivity contribution in [3.63, 3.8) is 0 Å². The molecule has 4 aromatic rings. The highest BCUT2D eigenvalue weighted by Crippen LogP contribution is 2.24. The van der Waals surface area contributed by atoms with Gasteiger partial charge in [-0.05, 0) is 44.5 Å². The summed E-state index contributed by atoms with van der Waals surface area (Å²) in [5.41, 5.74) is 4.81. The Morgan fingerprint density at radius 2 is 1.88 bits per heavy atom. The maximum absolute atomic E-state index is 12.8. The molecular weight excluding hydrogens is 426 g/mol. The van der Waals surface area contributed by atoms with Gasteiger partial charge in [0, 0.05) is 18.4 Å². The molecule has 174 valence electrons. The number of esters is 1. The van der Waals surface area contributed by atoms with E-state index in [2.05, 4.69) is 36.5 Å². The van der Waals surface area contributed by atoms with E-state index in [0.29, 0.717) is 31.0 Å². The smallest absolute Gasteiger partial charge is 0.329 e. The fourth-order valence-corrected chi connectivity index (χ4v) is 3.80. The van der Waals surface area contributed by atoms with Crippen LogP contribution in [-0.2, 0) is 22.4 Å². The van der Waals surface area contributed by atoms with Gasteiger partial charge in [0.1, 0.15) is 23.4 Å². The highest BCUT2D eigenvalue weighted by molar-refractivity contribution is 5.79. The average Bonchev–Trinajstić information content (AvgIpc) is 3.25. The summed E-state index contributed by atoms with van der Waals surface area (Å²) < 4.78 is 11.0. The lowest BCUT2D eigenvalue weighted by Crippen LogP contribution is -2.34. The number of carbonyl (C=O) groups excluding carboxylic acids is 1. The van der Waals surface area contributed by atoms with E-state index in [1.807, 2.05) is 49.4 Å². The Morgan fingerprint density at radius 3 is 2.59 bits per heavy atom. The van der Waals surface area contributed by atoms with Gasteiger partial charge in [0.05, 0.1) is 24.2 Å². The normalized spacial score (nSPS) is 11.7. The number of aromatic nitrogens is 2. The van der Waals surface area contributed by atoms with Crippen molar-refractivity contribution in [2.75, 3.05) is 11.9 Å². The Bertz CT molecular complexity index is 1250. The second-order valence-electron chi connectivity index (χ2n) is 8.25. The second-order valence-corrected chi connectivity index (χ2v) is 8.25. The third kappa shape index (κ3) is 5.90. The van der Waals surface area contributed by atoms with Crippen LogP contribution in [0.3, 0.4) is 0 Å². The molecule has 0 radical (unpaired) electrons. The molecule has 2 heterocycles. The minimum absolute atomic E-state index is 0.295. The summed E-state index contributed by atoms with van der Waals surface area (Å²) in [6.45, 7) is 6.02. The minimum atomic E-state index is -0.654. The Kier molecular flexibility index (Phi) is 7.38. The molecule has 2 aromatic heterocycles. The molecule has 0 saturated carbocycles. The monoisotopic (exact) mass is 455 g/mol. The summed E-state index contributed by atoms with van der Waals surface area (Å²) in [6, 6.07) is 21.4. The zero-order valence-electron chi connectivity index (χ0n) is 19.7. The van der Waals surface area contributed by atoms with Gasteiger partial charge in [-0.3, -0.25) is 0 Å². The minimum Gasteiger partial charge on any atom is -0.466 e. The maximum Gasteiger partial charge on any atom is 0.329 e. The van der Waals surface area contributed by atoms with E-state index < -0.39 is 6.04 Å². The van der Waals surface area contributed by atoms with Gasteiger partial charge in [0.25, 0.3) is 0 Å². The molecule has 0 bridgehead atoms. The van der Waals surface area contributed by atoms with E-state index >= 15 is 0 Å². The van der Waals surface area contributed by atoms with Crippen LogP contribution in [0.4, 0.5) is 5.82 Å². The molecule has 2 aromatic carbocycles. The number of nitrogens with one attached hydrogen (secondary N) is 1. The number of ether oxygens (including phenoxy) is 1. The first-order valence-corrected chi connectivity index (χ1v) is 11.5. The Morgan fingerprint density at radius 1 is 1.06 bits per heavy atom. The number of furan rings is 1. The lowest BCUT2D eigenvalue weighted by Gasteiger charge is -2.19. The number of rotatable bonds is 9. The number of hydrogen-bond donors (Lipinski definition) is 1. The quantitative estimate of drug-likeness (QED) is 0.334. The van der Waals surface area contributed by atoms with Gasteiger partial charge >= 0.3 is 5.97 Å². The zero-order valence-corrected chi connectivity index (χ0v) is 19.7. The van der Waals surface area contributed by atoms with Gasteiger partial charge in [0.2, 0.25) is 0 Å². The van der Waals surface area contributed by atoms with E-state index in [1.54, 1.807) is 13.1 Å². The number of carbonyl (C=O) groups is 1. The molecule has 1 atom stereocenters. The molecule has 0 aliphatic rings. The topological polar surface area (TPSA) is 77.2 Å². The van der Waals surface area contributed by atoms with E-state index in [-0.39, 0.29) is 5.97 Å². The molecule has 6 nitrogen and oxygen atoms in total. The third-order valence-electron chi connectivity index (χ3n) is 5.46. The summed E-state index contributed by atoms with van der Waals surface area (Å²) in [6.07, 6.45) is 2.66. The van der Waals surface area contributed by atoms with Crippen molar-refractivity contribution in [2.24, 2.45) is 0 Å². The van der Waals surface area contributed by atoms with Gasteiger partial charge in [-0.2, -0.15) is 0 Å². The summed E-state index contributed by atoms with van der Waals surface area (Å²) in [5.74, 6) is 1.70. The summed E-state index contributed by atoms with van der Waals surface area (Å²) in [4.78, 5) is 22.4. The van der Waals surface area contributed by atoms with Crippen molar-refractivity contribution in [1.29, 1.82) is 0 Å². The molecule has 0 spiro atoms. The van der Waals surface area contributed by atoms with Crippen molar-refractivity contribution in [1.82, 2.24) is 9.97 Å². The van der Waals surface area contributed by atoms with E-state index in [9.17, 15) is 4.79 Å². The van der Waals surface area contributed by atoms with Crippen LogP contribution in [0.15, 0.2) is 77.3 Å². The van der Waals surface area contributed by atoms with Crippen LogP contribution in [-0.4, -0.2) is 28.6 Å². The molecule has 0 fully saturated rings. The molecule has 0 aliphatic carbocycles. The molecule has 4 rings (SSSR count). The summed E-state index contributed by atoms with van der Waals surface area (Å²) >= 11 is 0. The van der Waals surface area contributed by atoms with E-state index in [1.165, 1.54) is 0 Å². The third-order valence-corrected chi connectivity index (χ3v) is 5.46. The molecule has 0 saturated heterocycles. The lowest BCUT2D eigenvalue weighted by molar-refractivity contribution is -0.144. The van der Waals surface area contributed by atoms with E-state index in [4.69, 9.17) is 19.1 Å². The number of aryl methyl sites for hydroxylation is 2. The second kappa shape index (κ2) is 10.8. The van der Waals surface area contributed by atoms with Crippen LogP contribution in [0.25, 0.3) is 11.3 Å². The van der Waals surface area contributed by atoms with Crippen LogP contribution >= 0.6 is 0 Å². The number of benzene rings is 2. The Hall–Kier alpha value is -3.93. The van der Waals surface area contributed by atoms with Crippen molar-refractivity contribution >= 4 is 11.8 Å². The predicted molar refractivity (Wildman–Crippen MR) is 133 cm³/mol. The van der Waals surface area contributed by atoms with Gasteiger partial charge in [-0.15, -0.1) is 0 Å². The first-order valence-electron chi connectivity index (χ1n) is 11.5. The van der Waals surface area contributed by atoms with Crippen LogP contribution < -0.4 is 5.32 Å². The van der Waals surface area contributed by atoms with Crippen LogP contribution in [0.2, 0.25) is 0 Å². The fourth-order valence-electron chi connectivity index (χ4n) is 3.80. The van der Waals surface area contributed by atoms with Gasteiger partial charge in [0.15, 0.2) is 0 Å². The van der Waals surface area contributed by atoms with Crippen LogP contribution in [0.1, 0.15) is 35.3 Å². The van der Waals surface area contributed by atoms with Crippen molar-refractivity contribution < 1.29 is 13.9 Å². The Labute approximate surface area is 200 Å². The van der Waals surface area contributed by atoms with Gasteiger partial charge < -0.3 is 14.5 Å². The van der Waals surface area contributed by atoms with Crippen molar-refractivity contribution in [3.05, 3.63) is 101 Å². The molecule has 6 heteroatoms. The van der Waals surface area contributed by atoms with Crippen molar-refractivity contribution in [2.45, 2.75) is 39.7 Å². The first-order chi connectivity index (χ1) is 16.5. The standard InChI is InChI=1S/C28H29N3O3/c1-4-33-28(32)25(17-23-14-13-20(3)34-23)31-27-24(16-21-10-6-5-7-11-21)30-26(18-29-27)22-12-8-9-19(2)15-22/h5-15,18,25H,4,16-17H2,1-3H3,(H,29,31). The number of anilines is 1. The average molecular weight is 456 g/mol.